The normalized spacial score (nSPS) is 19.8. The van der Waals surface area contributed by atoms with Gasteiger partial charge < -0.3 is 10.7 Å². The summed E-state index contributed by atoms with van der Waals surface area (Å²) in [7, 11) is 0. The fourth-order valence-corrected chi connectivity index (χ4v) is 2.18. The summed E-state index contributed by atoms with van der Waals surface area (Å²) >= 11 is 3.36. The molecule has 1 aromatic rings. The second-order valence-electron chi connectivity index (χ2n) is 3.65. The number of nitrogens with two attached hydrogens (primary N) is 1. The number of imidazole rings is 1. The standard InChI is InChI=1S/C9H14BrN3/c10-8-5-12-9(13-8)7(4-11)6-2-1-3-6/h5-7H,1-4,11H2,(H,12,13). The molecular formula is C9H14BrN3. The van der Waals surface area contributed by atoms with Crippen LogP contribution in [0, 0.1) is 5.92 Å². The molecule has 1 fully saturated rings. The summed E-state index contributed by atoms with van der Waals surface area (Å²) in [5, 5.41) is 0. The highest BCUT2D eigenvalue weighted by Gasteiger charge is 2.29. The Morgan fingerprint density at radius 3 is 2.85 bits per heavy atom. The van der Waals surface area contributed by atoms with Crippen LogP contribution in [-0.2, 0) is 0 Å². The average Bonchev–Trinajstić information content (AvgIpc) is 2.43. The average molecular weight is 244 g/mol. The van der Waals surface area contributed by atoms with Gasteiger partial charge in [-0.1, -0.05) is 6.42 Å². The van der Waals surface area contributed by atoms with Crippen LogP contribution in [0.15, 0.2) is 10.8 Å². The number of hydrogen-bond donors (Lipinski definition) is 2. The summed E-state index contributed by atoms with van der Waals surface area (Å²) in [5.41, 5.74) is 5.75. The summed E-state index contributed by atoms with van der Waals surface area (Å²) in [6, 6.07) is 0. The Hall–Kier alpha value is -0.350. The Kier molecular flexibility index (Phi) is 2.69. The second kappa shape index (κ2) is 3.80. The summed E-state index contributed by atoms with van der Waals surface area (Å²) in [5.74, 6) is 2.22. The molecule has 0 spiro atoms. The molecule has 3 nitrogen and oxygen atoms in total. The van der Waals surface area contributed by atoms with Crippen molar-refractivity contribution >= 4 is 15.9 Å². The third-order valence-corrected chi connectivity index (χ3v) is 3.29. The van der Waals surface area contributed by atoms with Crippen molar-refractivity contribution in [2.24, 2.45) is 11.7 Å². The van der Waals surface area contributed by atoms with Gasteiger partial charge in [-0.05, 0) is 34.7 Å². The van der Waals surface area contributed by atoms with Gasteiger partial charge in [-0.2, -0.15) is 0 Å². The van der Waals surface area contributed by atoms with Gasteiger partial charge >= 0.3 is 0 Å². The molecule has 72 valence electrons. The third kappa shape index (κ3) is 1.79. The van der Waals surface area contributed by atoms with Crippen LogP contribution in [-0.4, -0.2) is 16.5 Å². The van der Waals surface area contributed by atoms with E-state index in [4.69, 9.17) is 5.73 Å². The SMILES string of the molecule is NCC(c1ncc(Br)[nH]1)C1CCC1. The maximum Gasteiger partial charge on any atom is 0.111 e. The number of nitrogens with one attached hydrogen (secondary N) is 1. The van der Waals surface area contributed by atoms with Gasteiger partial charge in [-0.25, -0.2) is 4.98 Å². The van der Waals surface area contributed by atoms with Crippen LogP contribution in [0.4, 0.5) is 0 Å². The Balaban J connectivity index is 2.11. The van der Waals surface area contributed by atoms with Crippen LogP contribution in [0.5, 0.6) is 0 Å². The summed E-state index contributed by atoms with van der Waals surface area (Å²) < 4.78 is 0.945. The van der Waals surface area contributed by atoms with E-state index in [0.29, 0.717) is 12.5 Å². The van der Waals surface area contributed by atoms with Gasteiger partial charge in [0.25, 0.3) is 0 Å². The van der Waals surface area contributed by atoms with Gasteiger partial charge in [0.15, 0.2) is 0 Å². The summed E-state index contributed by atoms with van der Waals surface area (Å²) in [6.07, 6.45) is 5.76. The lowest BCUT2D eigenvalue weighted by Gasteiger charge is -2.31. The zero-order valence-corrected chi connectivity index (χ0v) is 9.05. The lowest BCUT2D eigenvalue weighted by atomic mass is 9.75. The first-order chi connectivity index (χ1) is 6.31. The maximum absolute atomic E-state index is 5.75. The summed E-state index contributed by atoms with van der Waals surface area (Å²) in [4.78, 5) is 7.51. The zero-order chi connectivity index (χ0) is 9.26. The minimum absolute atomic E-state index is 0.431. The van der Waals surface area contributed by atoms with Gasteiger partial charge in [0, 0.05) is 12.5 Å². The Labute approximate surface area is 86.3 Å². The molecule has 4 heteroatoms. The number of rotatable bonds is 3. The third-order valence-electron chi connectivity index (χ3n) is 2.89. The van der Waals surface area contributed by atoms with Crippen molar-refractivity contribution in [1.29, 1.82) is 0 Å². The van der Waals surface area contributed by atoms with Gasteiger partial charge in [0.05, 0.1) is 6.20 Å². The highest BCUT2D eigenvalue weighted by Crippen LogP contribution is 2.37. The molecule has 0 aromatic carbocycles. The van der Waals surface area contributed by atoms with Crippen LogP contribution in [0.3, 0.4) is 0 Å². The summed E-state index contributed by atoms with van der Waals surface area (Å²) in [6.45, 7) is 0.699. The van der Waals surface area contributed by atoms with E-state index in [-0.39, 0.29) is 0 Å². The number of H-pyrrole nitrogens is 1. The van der Waals surface area contributed by atoms with Crippen LogP contribution in [0.2, 0.25) is 0 Å². The van der Waals surface area contributed by atoms with Crippen molar-refractivity contribution in [1.82, 2.24) is 9.97 Å². The van der Waals surface area contributed by atoms with E-state index < -0.39 is 0 Å². The van der Waals surface area contributed by atoms with E-state index in [1.165, 1.54) is 19.3 Å². The first-order valence-electron chi connectivity index (χ1n) is 4.71. The minimum Gasteiger partial charge on any atom is -0.336 e. The molecule has 2 rings (SSSR count). The predicted octanol–water partition coefficient (Wildman–Crippen LogP) is 2.01. The number of nitrogens with zero attached hydrogens (tertiary/aromatic N) is 1. The Bertz CT molecular complexity index is 280. The molecule has 1 heterocycles. The molecular weight excluding hydrogens is 230 g/mol. The number of halogens is 1. The van der Waals surface area contributed by atoms with Crippen LogP contribution in [0.1, 0.15) is 31.0 Å². The number of aromatic nitrogens is 2. The molecule has 0 amide bonds. The molecule has 1 saturated carbocycles. The Morgan fingerprint density at radius 2 is 2.46 bits per heavy atom. The molecule has 0 bridgehead atoms. The molecule has 3 N–H and O–H groups in total. The minimum atomic E-state index is 0.431. The van der Waals surface area contributed by atoms with Crippen molar-refractivity contribution in [2.75, 3.05) is 6.54 Å². The van der Waals surface area contributed by atoms with Crippen molar-refractivity contribution in [2.45, 2.75) is 25.2 Å². The highest BCUT2D eigenvalue weighted by atomic mass is 79.9. The predicted molar refractivity (Wildman–Crippen MR) is 55.4 cm³/mol. The molecule has 1 aliphatic carbocycles. The van der Waals surface area contributed by atoms with Gasteiger partial charge in [-0.15, -0.1) is 0 Å². The smallest absolute Gasteiger partial charge is 0.111 e. The van der Waals surface area contributed by atoms with Crippen molar-refractivity contribution in [3.05, 3.63) is 16.6 Å². The van der Waals surface area contributed by atoms with E-state index >= 15 is 0 Å². The topological polar surface area (TPSA) is 54.7 Å². The second-order valence-corrected chi connectivity index (χ2v) is 4.50. The first-order valence-corrected chi connectivity index (χ1v) is 5.51. The molecule has 1 aliphatic rings. The lowest BCUT2D eigenvalue weighted by Crippen LogP contribution is -2.27. The number of aromatic amines is 1. The largest absolute Gasteiger partial charge is 0.336 e. The molecule has 13 heavy (non-hydrogen) atoms. The Morgan fingerprint density at radius 1 is 1.69 bits per heavy atom. The molecule has 0 radical (unpaired) electrons. The monoisotopic (exact) mass is 243 g/mol. The fraction of sp³-hybridized carbons (Fsp3) is 0.667. The highest BCUT2D eigenvalue weighted by molar-refractivity contribution is 9.10. The fourth-order valence-electron chi connectivity index (χ4n) is 1.87. The van der Waals surface area contributed by atoms with Crippen LogP contribution < -0.4 is 5.73 Å². The quantitative estimate of drug-likeness (QED) is 0.854. The lowest BCUT2D eigenvalue weighted by molar-refractivity contribution is 0.258. The van der Waals surface area contributed by atoms with E-state index in [1.54, 1.807) is 6.20 Å². The van der Waals surface area contributed by atoms with Crippen molar-refractivity contribution < 1.29 is 0 Å². The van der Waals surface area contributed by atoms with E-state index in [9.17, 15) is 0 Å². The van der Waals surface area contributed by atoms with E-state index in [0.717, 1.165) is 16.3 Å². The maximum atomic E-state index is 5.75. The number of hydrogen-bond acceptors (Lipinski definition) is 2. The van der Waals surface area contributed by atoms with Gasteiger partial charge in [-0.3, -0.25) is 0 Å². The van der Waals surface area contributed by atoms with Gasteiger partial charge in [0.2, 0.25) is 0 Å². The molecule has 0 saturated heterocycles. The van der Waals surface area contributed by atoms with E-state index in [1.807, 2.05) is 0 Å². The van der Waals surface area contributed by atoms with Crippen molar-refractivity contribution in [3.63, 3.8) is 0 Å². The molecule has 1 aromatic heterocycles. The van der Waals surface area contributed by atoms with Crippen molar-refractivity contribution in [3.8, 4) is 0 Å². The molecule has 1 unspecified atom stereocenters. The van der Waals surface area contributed by atoms with Gasteiger partial charge in [0.1, 0.15) is 10.4 Å². The van der Waals surface area contributed by atoms with Crippen LogP contribution in [0.25, 0.3) is 0 Å². The van der Waals surface area contributed by atoms with E-state index in [2.05, 4.69) is 25.9 Å². The molecule has 1 atom stereocenters. The molecule has 0 aliphatic heterocycles. The first kappa shape index (κ1) is 9.21. The van der Waals surface area contributed by atoms with Crippen LogP contribution >= 0.6 is 15.9 Å². The zero-order valence-electron chi connectivity index (χ0n) is 7.46.